The lowest BCUT2D eigenvalue weighted by Crippen LogP contribution is -2.43. The highest BCUT2D eigenvalue weighted by Crippen LogP contribution is 2.30. The molecule has 1 heterocycles. The van der Waals surface area contributed by atoms with E-state index in [4.69, 9.17) is 0 Å². The Bertz CT molecular complexity index is 989. The van der Waals surface area contributed by atoms with Crippen molar-refractivity contribution in [3.63, 3.8) is 0 Å². The van der Waals surface area contributed by atoms with Crippen LogP contribution in [0.15, 0.2) is 47.4 Å². The molecule has 9 heteroatoms. The van der Waals surface area contributed by atoms with Crippen molar-refractivity contribution in [2.24, 2.45) is 0 Å². The number of anilines is 2. The molecule has 1 saturated heterocycles. The van der Waals surface area contributed by atoms with Crippen molar-refractivity contribution in [3.05, 3.63) is 53.8 Å². The fourth-order valence-electron chi connectivity index (χ4n) is 3.15. The van der Waals surface area contributed by atoms with Gasteiger partial charge < -0.3 is 15.5 Å². The number of benzene rings is 2. The van der Waals surface area contributed by atoms with Gasteiger partial charge in [-0.25, -0.2) is 12.8 Å². The molecule has 2 aromatic carbocycles. The highest BCUT2D eigenvalue weighted by molar-refractivity contribution is 7.92. The highest BCUT2D eigenvalue weighted by atomic mass is 32.2. The van der Waals surface area contributed by atoms with Crippen LogP contribution in [0.1, 0.15) is 24.2 Å². The molecule has 29 heavy (non-hydrogen) atoms. The quantitative estimate of drug-likeness (QED) is 0.666. The molecule has 1 aliphatic heterocycles. The van der Waals surface area contributed by atoms with Gasteiger partial charge in [-0.05, 0) is 44.2 Å². The number of amides is 1. The molecule has 0 atom stereocenters. The van der Waals surface area contributed by atoms with Gasteiger partial charge in [0.2, 0.25) is 0 Å². The molecule has 3 N–H and O–H groups in total. The van der Waals surface area contributed by atoms with Crippen LogP contribution in [-0.2, 0) is 10.0 Å². The third-order valence-corrected chi connectivity index (χ3v) is 5.91. The summed E-state index contributed by atoms with van der Waals surface area (Å²) in [6.45, 7) is 6.58. The van der Waals surface area contributed by atoms with Crippen LogP contribution < -0.4 is 20.3 Å². The van der Waals surface area contributed by atoms with Gasteiger partial charge in [0.1, 0.15) is 10.7 Å². The number of nitrogens with zero attached hydrogens (tertiary/aromatic N) is 1. The summed E-state index contributed by atoms with van der Waals surface area (Å²) in [5.41, 5.74) is 1.21. The molecule has 3 rings (SSSR count). The fraction of sp³-hybridized carbons (Fsp3) is 0.350. The second-order valence-corrected chi connectivity index (χ2v) is 8.78. The molecule has 1 fully saturated rings. The number of halogens is 1. The zero-order chi connectivity index (χ0) is 21.0. The van der Waals surface area contributed by atoms with E-state index in [1.807, 2.05) is 18.7 Å². The maximum absolute atomic E-state index is 14.1. The van der Waals surface area contributed by atoms with E-state index in [9.17, 15) is 17.6 Å². The number of rotatable bonds is 6. The Kier molecular flexibility index (Phi) is 6.39. The van der Waals surface area contributed by atoms with Crippen molar-refractivity contribution in [1.29, 1.82) is 0 Å². The number of hydrogen-bond acceptors (Lipinski definition) is 5. The van der Waals surface area contributed by atoms with E-state index in [0.29, 0.717) is 24.3 Å². The SMILES string of the molecule is CC(C)NC(=O)c1ccc(N2CCNCC2)c(NS(=O)(=O)c2ccccc2F)c1. The Hall–Kier alpha value is -2.65. The van der Waals surface area contributed by atoms with Crippen LogP contribution in [0.2, 0.25) is 0 Å². The Morgan fingerprint density at radius 1 is 1.14 bits per heavy atom. The lowest BCUT2D eigenvalue weighted by Gasteiger charge is -2.31. The van der Waals surface area contributed by atoms with Crippen LogP contribution >= 0.6 is 0 Å². The van der Waals surface area contributed by atoms with Gasteiger partial charge in [0.25, 0.3) is 15.9 Å². The normalized spacial score (nSPS) is 14.7. The van der Waals surface area contributed by atoms with E-state index < -0.39 is 20.7 Å². The lowest BCUT2D eigenvalue weighted by atomic mass is 10.1. The van der Waals surface area contributed by atoms with Crippen molar-refractivity contribution in [2.75, 3.05) is 35.8 Å². The van der Waals surface area contributed by atoms with Gasteiger partial charge in [0, 0.05) is 37.8 Å². The summed E-state index contributed by atoms with van der Waals surface area (Å²) in [5, 5.41) is 6.03. The molecular weight excluding hydrogens is 395 g/mol. The molecule has 0 bridgehead atoms. The third-order valence-electron chi connectivity index (χ3n) is 4.51. The first-order valence-electron chi connectivity index (χ1n) is 9.46. The van der Waals surface area contributed by atoms with Gasteiger partial charge in [-0.2, -0.15) is 0 Å². The van der Waals surface area contributed by atoms with Gasteiger partial charge in [-0.3, -0.25) is 9.52 Å². The topological polar surface area (TPSA) is 90.5 Å². The van der Waals surface area contributed by atoms with Gasteiger partial charge in [0.05, 0.1) is 11.4 Å². The van der Waals surface area contributed by atoms with Gasteiger partial charge in [-0.1, -0.05) is 12.1 Å². The monoisotopic (exact) mass is 420 g/mol. The smallest absolute Gasteiger partial charge is 0.264 e. The van der Waals surface area contributed by atoms with E-state index >= 15 is 0 Å². The zero-order valence-corrected chi connectivity index (χ0v) is 17.2. The van der Waals surface area contributed by atoms with E-state index in [2.05, 4.69) is 15.4 Å². The molecule has 0 aliphatic carbocycles. The molecule has 0 spiro atoms. The summed E-state index contributed by atoms with van der Waals surface area (Å²) in [4.78, 5) is 14.0. The molecule has 2 aromatic rings. The molecule has 1 amide bonds. The van der Waals surface area contributed by atoms with Crippen molar-refractivity contribution in [1.82, 2.24) is 10.6 Å². The molecule has 7 nitrogen and oxygen atoms in total. The summed E-state index contributed by atoms with van der Waals surface area (Å²) in [6.07, 6.45) is 0. The van der Waals surface area contributed by atoms with Crippen LogP contribution in [0.4, 0.5) is 15.8 Å². The number of carbonyl (C=O) groups excluding carboxylic acids is 1. The van der Waals surface area contributed by atoms with Crippen LogP contribution in [-0.4, -0.2) is 46.5 Å². The van der Waals surface area contributed by atoms with Crippen LogP contribution in [0.5, 0.6) is 0 Å². The van der Waals surface area contributed by atoms with E-state index in [0.717, 1.165) is 19.2 Å². The first kappa shape index (κ1) is 21.1. The first-order valence-corrected chi connectivity index (χ1v) is 10.9. The van der Waals surface area contributed by atoms with E-state index in [1.54, 1.807) is 12.1 Å². The standard InChI is InChI=1S/C20H25FN4O3S/c1-14(2)23-20(26)15-7-8-18(25-11-9-22-10-12-25)17(13-15)24-29(27,28)19-6-4-3-5-16(19)21/h3-8,13-14,22,24H,9-12H2,1-2H3,(H,23,26). The summed E-state index contributed by atoms with van der Waals surface area (Å²) >= 11 is 0. The van der Waals surface area contributed by atoms with Crippen LogP contribution in [0, 0.1) is 5.82 Å². The number of sulfonamides is 1. The van der Waals surface area contributed by atoms with Crippen LogP contribution in [0.25, 0.3) is 0 Å². The average molecular weight is 421 g/mol. The lowest BCUT2D eigenvalue weighted by molar-refractivity contribution is 0.0943. The Morgan fingerprint density at radius 3 is 2.48 bits per heavy atom. The molecule has 0 radical (unpaired) electrons. The minimum Gasteiger partial charge on any atom is -0.367 e. The van der Waals surface area contributed by atoms with Crippen LogP contribution in [0.3, 0.4) is 0 Å². The summed E-state index contributed by atoms with van der Waals surface area (Å²) in [5.74, 6) is -1.14. The number of nitrogens with one attached hydrogen (secondary N) is 3. The number of hydrogen-bond donors (Lipinski definition) is 3. The molecule has 156 valence electrons. The van der Waals surface area contributed by atoms with Crippen molar-refractivity contribution in [2.45, 2.75) is 24.8 Å². The predicted octanol–water partition coefficient (Wildman–Crippen LogP) is 2.17. The molecule has 1 aliphatic rings. The van der Waals surface area contributed by atoms with Crippen molar-refractivity contribution in [3.8, 4) is 0 Å². The van der Waals surface area contributed by atoms with Gasteiger partial charge in [0.15, 0.2) is 0 Å². The Balaban J connectivity index is 2.01. The van der Waals surface area contributed by atoms with Crippen molar-refractivity contribution < 1.29 is 17.6 Å². The van der Waals surface area contributed by atoms with E-state index in [-0.39, 0.29) is 17.6 Å². The summed E-state index contributed by atoms with van der Waals surface area (Å²) in [6, 6.07) is 10.0. The van der Waals surface area contributed by atoms with Gasteiger partial charge >= 0.3 is 0 Å². The van der Waals surface area contributed by atoms with Crippen molar-refractivity contribution >= 4 is 27.3 Å². The van der Waals surface area contributed by atoms with E-state index in [1.165, 1.54) is 24.3 Å². The Labute approximate surface area is 170 Å². The largest absolute Gasteiger partial charge is 0.367 e. The molecule has 0 unspecified atom stereocenters. The summed E-state index contributed by atoms with van der Waals surface area (Å²) in [7, 11) is -4.17. The maximum Gasteiger partial charge on any atom is 0.264 e. The summed E-state index contributed by atoms with van der Waals surface area (Å²) < 4.78 is 42.2. The predicted molar refractivity (Wildman–Crippen MR) is 111 cm³/mol. The highest BCUT2D eigenvalue weighted by Gasteiger charge is 2.23. The Morgan fingerprint density at radius 2 is 1.83 bits per heavy atom. The minimum atomic E-state index is -4.17. The second-order valence-electron chi connectivity index (χ2n) is 7.13. The fourth-order valence-corrected chi connectivity index (χ4v) is 4.29. The third kappa shape index (κ3) is 5.04. The first-order chi connectivity index (χ1) is 13.8. The van der Waals surface area contributed by atoms with Gasteiger partial charge in [-0.15, -0.1) is 0 Å². The molecule has 0 aromatic heterocycles. The molecular formula is C20H25FN4O3S. The zero-order valence-electron chi connectivity index (χ0n) is 16.4. The average Bonchev–Trinajstić information content (AvgIpc) is 2.68. The maximum atomic E-state index is 14.1. The second kappa shape index (κ2) is 8.79. The minimum absolute atomic E-state index is 0.0612. The number of carbonyl (C=O) groups is 1. The molecule has 0 saturated carbocycles. The number of piperazine rings is 1.